The molecule has 1 unspecified atom stereocenters. The highest BCUT2D eigenvalue weighted by Crippen LogP contribution is 2.29. The van der Waals surface area contributed by atoms with Gasteiger partial charge >= 0.3 is 6.18 Å². The molecular weight excluding hydrogens is 295 g/mol. The molecule has 6 heteroatoms. The standard InChI is InChI=1S/C16H16F3NO2/c1-11(14-4-3-9-22-14)20(2)15(21)10-12-5-7-13(8-6-12)16(17,18)19/h3-9,11H,10H2,1-2H3. The zero-order valence-corrected chi connectivity index (χ0v) is 12.2. The van der Waals surface area contributed by atoms with Crippen LogP contribution in [0.1, 0.15) is 29.9 Å². The van der Waals surface area contributed by atoms with E-state index < -0.39 is 11.7 Å². The molecule has 0 N–H and O–H groups in total. The first kappa shape index (κ1) is 16.1. The van der Waals surface area contributed by atoms with Crippen molar-refractivity contribution in [3.63, 3.8) is 0 Å². The maximum absolute atomic E-state index is 12.5. The molecule has 1 aromatic heterocycles. The summed E-state index contributed by atoms with van der Waals surface area (Å²) in [5.74, 6) is 0.465. The number of halogens is 3. The molecule has 0 aliphatic carbocycles. The van der Waals surface area contributed by atoms with Crippen molar-refractivity contribution in [2.45, 2.75) is 25.6 Å². The number of hydrogen-bond donors (Lipinski definition) is 0. The third kappa shape index (κ3) is 3.69. The molecule has 0 aliphatic rings. The summed E-state index contributed by atoms with van der Waals surface area (Å²) in [4.78, 5) is 13.7. The second-order valence-electron chi connectivity index (χ2n) is 5.07. The molecule has 22 heavy (non-hydrogen) atoms. The van der Waals surface area contributed by atoms with Crippen molar-refractivity contribution in [3.05, 3.63) is 59.5 Å². The minimum Gasteiger partial charge on any atom is -0.467 e. The molecular formula is C16H16F3NO2. The lowest BCUT2D eigenvalue weighted by Gasteiger charge is -2.23. The minimum absolute atomic E-state index is 0.0414. The highest BCUT2D eigenvalue weighted by atomic mass is 19.4. The van der Waals surface area contributed by atoms with E-state index in [0.717, 1.165) is 12.1 Å². The molecule has 1 aromatic carbocycles. The summed E-state index contributed by atoms with van der Waals surface area (Å²) in [6, 6.07) is 7.89. The van der Waals surface area contributed by atoms with E-state index in [0.29, 0.717) is 11.3 Å². The van der Waals surface area contributed by atoms with Crippen LogP contribution in [0.4, 0.5) is 13.2 Å². The fraction of sp³-hybridized carbons (Fsp3) is 0.312. The number of hydrogen-bond acceptors (Lipinski definition) is 2. The predicted octanol–water partition coefficient (Wildman–Crippen LogP) is 4.06. The Hall–Kier alpha value is -2.24. The monoisotopic (exact) mass is 311 g/mol. The first-order chi connectivity index (χ1) is 10.3. The molecule has 0 fully saturated rings. The van der Waals surface area contributed by atoms with E-state index in [1.54, 1.807) is 19.2 Å². The zero-order chi connectivity index (χ0) is 16.3. The van der Waals surface area contributed by atoms with Crippen molar-refractivity contribution in [2.24, 2.45) is 0 Å². The van der Waals surface area contributed by atoms with Crippen LogP contribution in [0, 0.1) is 0 Å². The van der Waals surface area contributed by atoms with Gasteiger partial charge in [-0.3, -0.25) is 4.79 Å². The van der Waals surface area contributed by atoms with Gasteiger partial charge in [-0.2, -0.15) is 13.2 Å². The molecule has 0 saturated heterocycles. The van der Waals surface area contributed by atoms with Crippen molar-refractivity contribution in [2.75, 3.05) is 7.05 Å². The smallest absolute Gasteiger partial charge is 0.416 e. The van der Waals surface area contributed by atoms with Gasteiger partial charge in [0.2, 0.25) is 5.91 Å². The molecule has 118 valence electrons. The van der Waals surface area contributed by atoms with Gasteiger partial charge in [0.05, 0.1) is 24.3 Å². The number of benzene rings is 1. The SMILES string of the molecule is CC(c1ccco1)N(C)C(=O)Cc1ccc(C(F)(F)F)cc1. The number of amides is 1. The van der Waals surface area contributed by atoms with Crippen LogP contribution in [-0.2, 0) is 17.4 Å². The summed E-state index contributed by atoms with van der Waals surface area (Å²) in [5, 5.41) is 0. The van der Waals surface area contributed by atoms with Crippen LogP contribution in [0.2, 0.25) is 0 Å². The molecule has 3 nitrogen and oxygen atoms in total. The lowest BCUT2D eigenvalue weighted by atomic mass is 10.1. The molecule has 1 heterocycles. The molecule has 2 rings (SSSR count). The molecule has 0 spiro atoms. The van der Waals surface area contributed by atoms with Crippen molar-refractivity contribution >= 4 is 5.91 Å². The van der Waals surface area contributed by atoms with Crippen LogP contribution >= 0.6 is 0 Å². The molecule has 0 bridgehead atoms. The summed E-state index contributed by atoms with van der Waals surface area (Å²) < 4.78 is 42.7. The second kappa shape index (κ2) is 6.25. The Morgan fingerprint density at radius 3 is 2.36 bits per heavy atom. The Morgan fingerprint density at radius 2 is 1.86 bits per heavy atom. The third-order valence-corrected chi connectivity index (χ3v) is 3.57. The number of rotatable bonds is 4. The highest BCUT2D eigenvalue weighted by molar-refractivity contribution is 5.78. The highest BCUT2D eigenvalue weighted by Gasteiger charge is 2.30. The molecule has 0 radical (unpaired) electrons. The van der Waals surface area contributed by atoms with Gasteiger partial charge in [-0.15, -0.1) is 0 Å². The molecule has 0 saturated carbocycles. The molecule has 2 aromatic rings. The first-order valence-corrected chi connectivity index (χ1v) is 6.74. The quantitative estimate of drug-likeness (QED) is 0.853. The van der Waals surface area contributed by atoms with Crippen molar-refractivity contribution in [1.29, 1.82) is 0 Å². The van der Waals surface area contributed by atoms with E-state index in [4.69, 9.17) is 4.42 Å². The maximum Gasteiger partial charge on any atom is 0.416 e. The van der Waals surface area contributed by atoms with Crippen molar-refractivity contribution in [1.82, 2.24) is 4.90 Å². The van der Waals surface area contributed by atoms with E-state index in [2.05, 4.69) is 0 Å². The van der Waals surface area contributed by atoms with E-state index in [1.165, 1.54) is 23.3 Å². The van der Waals surface area contributed by atoms with Gasteiger partial charge in [-0.1, -0.05) is 12.1 Å². The lowest BCUT2D eigenvalue weighted by molar-refractivity contribution is -0.137. The van der Waals surface area contributed by atoms with Crippen molar-refractivity contribution < 1.29 is 22.4 Å². The van der Waals surface area contributed by atoms with Gasteiger partial charge < -0.3 is 9.32 Å². The Balaban J connectivity index is 2.02. The van der Waals surface area contributed by atoms with E-state index in [-0.39, 0.29) is 18.4 Å². The summed E-state index contributed by atoms with van der Waals surface area (Å²) in [7, 11) is 1.64. The molecule has 1 amide bonds. The summed E-state index contributed by atoms with van der Waals surface area (Å²) in [5.41, 5.74) is -0.183. The minimum atomic E-state index is -4.37. The van der Waals surface area contributed by atoms with Gasteiger partial charge in [0.15, 0.2) is 0 Å². The fourth-order valence-corrected chi connectivity index (χ4v) is 2.05. The van der Waals surface area contributed by atoms with Gasteiger partial charge in [0.1, 0.15) is 5.76 Å². The van der Waals surface area contributed by atoms with Gasteiger partial charge in [0, 0.05) is 7.05 Å². The second-order valence-corrected chi connectivity index (χ2v) is 5.07. The Morgan fingerprint density at radius 1 is 1.23 bits per heavy atom. The van der Waals surface area contributed by atoms with Crippen LogP contribution in [0.25, 0.3) is 0 Å². The Labute approximate surface area is 126 Å². The molecule has 0 aliphatic heterocycles. The van der Waals surface area contributed by atoms with Gasteiger partial charge in [-0.05, 0) is 36.8 Å². The van der Waals surface area contributed by atoms with Crippen LogP contribution < -0.4 is 0 Å². The summed E-state index contributed by atoms with van der Waals surface area (Å²) in [6.45, 7) is 1.82. The number of furan rings is 1. The zero-order valence-electron chi connectivity index (χ0n) is 12.2. The van der Waals surface area contributed by atoms with E-state index in [9.17, 15) is 18.0 Å². The van der Waals surface area contributed by atoms with Crippen molar-refractivity contribution in [3.8, 4) is 0 Å². The summed E-state index contributed by atoms with van der Waals surface area (Å²) >= 11 is 0. The fourth-order valence-electron chi connectivity index (χ4n) is 2.05. The van der Waals surface area contributed by atoms with Gasteiger partial charge in [0.25, 0.3) is 0 Å². The average Bonchev–Trinajstić information content (AvgIpc) is 2.99. The number of carbonyl (C=O) groups is 1. The van der Waals surface area contributed by atoms with Crippen LogP contribution in [0.3, 0.4) is 0 Å². The predicted molar refractivity (Wildman–Crippen MR) is 75.0 cm³/mol. The van der Waals surface area contributed by atoms with Gasteiger partial charge in [-0.25, -0.2) is 0 Å². The number of carbonyl (C=O) groups excluding carboxylic acids is 1. The Kier molecular flexibility index (Phi) is 4.59. The summed E-state index contributed by atoms with van der Waals surface area (Å²) in [6.07, 6.45) is -2.80. The Bertz CT molecular complexity index is 618. The lowest BCUT2D eigenvalue weighted by Crippen LogP contribution is -2.30. The number of alkyl halides is 3. The topological polar surface area (TPSA) is 33.5 Å². The van der Waals surface area contributed by atoms with E-state index >= 15 is 0 Å². The first-order valence-electron chi connectivity index (χ1n) is 6.74. The maximum atomic E-state index is 12.5. The number of likely N-dealkylation sites (N-methyl/N-ethyl adjacent to an activating group) is 1. The largest absolute Gasteiger partial charge is 0.467 e. The van der Waals surface area contributed by atoms with Crippen LogP contribution in [0.5, 0.6) is 0 Å². The van der Waals surface area contributed by atoms with Crippen LogP contribution in [0.15, 0.2) is 47.1 Å². The van der Waals surface area contributed by atoms with E-state index in [1.807, 2.05) is 6.92 Å². The molecule has 1 atom stereocenters. The third-order valence-electron chi connectivity index (χ3n) is 3.57. The normalized spacial score (nSPS) is 13.0. The average molecular weight is 311 g/mol. The van der Waals surface area contributed by atoms with Crippen LogP contribution in [-0.4, -0.2) is 17.9 Å². The number of nitrogens with zero attached hydrogens (tertiary/aromatic N) is 1.